The van der Waals surface area contributed by atoms with Crippen LogP contribution in [0.3, 0.4) is 0 Å². The van der Waals surface area contributed by atoms with E-state index < -0.39 is 0 Å². The summed E-state index contributed by atoms with van der Waals surface area (Å²) in [6, 6.07) is 8.08. The number of hydrogen-bond acceptors (Lipinski definition) is 6. The number of nitrogen functional groups attached to an aromatic ring is 1. The van der Waals surface area contributed by atoms with E-state index in [0.717, 1.165) is 5.56 Å². The van der Waals surface area contributed by atoms with Crippen molar-refractivity contribution in [1.29, 1.82) is 0 Å². The van der Waals surface area contributed by atoms with Gasteiger partial charge in [0.2, 0.25) is 0 Å². The third-order valence-corrected chi connectivity index (χ3v) is 3.10. The molecule has 0 aliphatic carbocycles. The topological polar surface area (TPSA) is 81.1 Å². The highest BCUT2D eigenvalue weighted by Crippen LogP contribution is 2.13. The molecule has 0 fully saturated rings. The minimum atomic E-state index is 0. The van der Waals surface area contributed by atoms with Crippen molar-refractivity contribution in [3.8, 4) is 0 Å². The summed E-state index contributed by atoms with van der Waals surface area (Å²) in [5, 5.41) is 11.7. The van der Waals surface area contributed by atoms with E-state index in [2.05, 4.69) is 20.7 Å². The van der Waals surface area contributed by atoms with Gasteiger partial charge in [0.1, 0.15) is 0 Å². The van der Waals surface area contributed by atoms with Gasteiger partial charge in [-0.25, -0.2) is 10.1 Å². The maximum Gasteiger partial charge on any atom is 0.263 e. The van der Waals surface area contributed by atoms with Crippen LogP contribution in [0.2, 0.25) is 0 Å². The lowest BCUT2D eigenvalue weighted by atomic mass is 10.2. The molecular weight excluding hydrogens is 319 g/mol. The monoisotopic (exact) mass is 334 g/mol. The molecule has 0 bridgehead atoms. The van der Waals surface area contributed by atoms with Gasteiger partial charge in [0, 0.05) is 4.90 Å². The second-order valence-electron chi connectivity index (χ2n) is 3.58. The Bertz CT molecular complexity index is 555. The van der Waals surface area contributed by atoms with E-state index in [1.165, 1.54) is 9.57 Å². The van der Waals surface area contributed by atoms with Crippen molar-refractivity contribution in [1.82, 2.24) is 14.9 Å². The van der Waals surface area contributed by atoms with Gasteiger partial charge in [-0.15, -0.1) is 46.8 Å². The molecule has 0 spiro atoms. The van der Waals surface area contributed by atoms with Crippen molar-refractivity contribution < 1.29 is 0 Å². The van der Waals surface area contributed by atoms with Crippen molar-refractivity contribution >= 4 is 48.7 Å². The summed E-state index contributed by atoms with van der Waals surface area (Å²) in [7, 11) is 0. The van der Waals surface area contributed by atoms with E-state index in [0.29, 0.717) is 11.8 Å². The van der Waals surface area contributed by atoms with E-state index in [1.807, 2.05) is 30.5 Å². The quantitative estimate of drug-likeness (QED) is 0.388. The highest BCUT2D eigenvalue weighted by Gasteiger charge is 2.02. The molecule has 1 aromatic carbocycles. The number of benzene rings is 1. The molecule has 3 N–H and O–H groups in total. The van der Waals surface area contributed by atoms with Gasteiger partial charge in [-0.05, 0) is 30.9 Å². The number of anilines is 1. The largest absolute Gasteiger partial charge is 0.335 e. The number of hydrazone groups is 1. The Labute approximate surface area is 134 Å². The standard InChI is InChI=1S/C11H14N6S.2ClH/c1-8-14-16-11(17(8)12)15-13-7-9-3-5-10(18-2)6-4-9;;/h3-7H,12H2,1-2H3,(H,15,16);2*1H. The van der Waals surface area contributed by atoms with E-state index in [-0.39, 0.29) is 24.8 Å². The second kappa shape index (κ2) is 8.68. The molecule has 1 heterocycles. The van der Waals surface area contributed by atoms with Crippen molar-refractivity contribution in [2.45, 2.75) is 11.8 Å². The third kappa shape index (κ3) is 4.59. The average Bonchev–Trinajstić information content (AvgIpc) is 2.71. The summed E-state index contributed by atoms with van der Waals surface area (Å²) < 4.78 is 1.34. The Kier molecular flexibility index (Phi) is 8.05. The van der Waals surface area contributed by atoms with Crippen molar-refractivity contribution in [2.24, 2.45) is 5.10 Å². The van der Waals surface area contributed by atoms with Gasteiger partial charge in [0.25, 0.3) is 5.95 Å². The minimum Gasteiger partial charge on any atom is -0.335 e. The number of nitrogens with zero attached hydrogens (tertiary/aromatic N) is 4. The molecule has 0 saturated heterocycles. The smallest absolute Gasteiger partial charge is 0.263 e. The van der Waals surface area contributed by atoms with Gasteiger partial charge < -0.3 is 5.84 Å². The first-order valence-electron chi connectivity index (χ1n) is 5.31. The Morgan fingerprint density at radius 1 is 1.25 bits per heavy atom. The van der Waals surface area contributed by atoms with Crippen LogP contribution in [-0.4, -0.2) is 27.3 Å². The zero-order chi connectivity index (χ0) is 13.0. The zero-order valence-corrected chi connectivity index (χ0v) is 13.4. The normalized spacial score (nSPS) is 9.90. The first kappa shape index (κ1) is 18.6. The number of halogens is 2. The van der Waals surface area contributed by atoms with Crippen LogP contribution in [0.1, 0.15) is 11.4 Å². The first-order valence-corrected chi connectivity index (χ1v) is 6.53. The molecule has 0 radical (unpaired) electrons. The molecule has 110 valence electrons. The average molecular weight is 335 g/mol. The van der Waals surface area contributed by atoms with Crippen LogP contribution >= 0.6 is 36.6 Å². The molecule has 2 aromatic rings. The second-order valence-corrected chi connectivity index (χ2v) is 4.46. The summed E-state index contributed by atoms with van der Waals surface area (Å²) in [6.45, 7) is 1.77. The van der Waals surface area contributed by atoms with E-state index in [9.17, 15) is 0 Å². The predicted octanol–water partition coefficient (Wildman–Crippen LogP) is 2.31. The highest BCUT2D eigenvalue weighted by atomic mass is 35.5. The van der Waals surface area contributed by atoms with Crippen LogP contribution in [0.5, 0.6) is 0 Å². The Balaban J connectivity index is 0.00000180. The number of rotatable bonds is 4. The van der Waals surface area contributed by atoms with Gasteiger partial charge in [-0.1, -0.05) is 12.1 Å². The van der Waals surface area contributed by atoms with Crippen LogP contribution in [0.4, 0.5) is 5.95 Å². The Morgan fingerprint density at radius 3 is 2.40 bits per heavy atom. The van der Waals surface area contributed by atoms with Gasteiger partial charge in [0.05, 0.1) is 6.21 Å². The summed E-state index contributed by atoms with van der Waals surface area (Å²) in [4.78, 5) is 1.22. The molecule has 0 aliphatic rings. The lowest BCUT2D eigenvalue weighted by Gasteiger charge is -1.99. The third-order valence-electron chi connectivity index (χ3n) is 2.36. The highest BCUT2D eigenvalue weighted by molar-refractivity contribution is 7.98. The Hall–Kier alpha value is -1.44. The minimum absolute atomic E-state index is 0. The predicted molar refractivity (Wildman–Crippen MR) is 88.8 cm³/mol. The number of thioether (sulfide) groups is 1. The fourth-order valence-corrected chi connectivity index (χ4v) is 1.71. The maximum atomic E-state index is 5.67. The number of hydrogen-bond donors (Lipinski definition) is 2. The molecule has 1 aromatic heterocycles. The van der Waals surface area contributed by atoms with Crippen molar-refractivity contribution in [2.75, 3.05) is 17.5 Å². The molecule has 20 heavy (non-hydrogen) atoms. The SMILES string of the molecule is CSc1ccc(C=NNc2nnc(C)n2N)cc1.Cl.Cl. The van der Waals surface area contributed by atoms with Crippen LogP contribution in [0.15, 0.2) is 34.3 Å². The van der Waals surface area contributed by atoms with Crippen molar-refractivity contribution in [3.05, 3.63) is 35.7 Å². The van der Waals surface area contributed by atoms with Crippen LogP contribution < -0.4 is 11.3 Å². The molecular formula is C11H16Cl2N6S. The van der Waals surface area contributed by atoms with Gasteiger partial charge in [0.15, 0.2) is 5.82 Å². The van der Waals surface area contributed by atoms with E-state index in [4.69, 9.17) is 5.84 Å². The van der Waals surface area contributed by atoms with Crippen LogP contribution in [-0.2, 0) is 0 Å². The molecule has 0 saturated carbocycles. The summed E-state index contributed by atoms with van der Waals surface area (Å²) >= 11 is 1.70. The molecule has 9 heteroatoms. The molecule has 2 rings (SSSR count). The summed E-state index contributed by atoms with van der Waals surface area (Å²) in [6.07, 6.45) is 3.75. The van der Waals surface area contributed by atoms with Gasteiger partial charge in [-0.2, -0.15) is 5.10 Å². The van der Waals surface area contributed by atoms with E-state index in [1.54, 1.807) is 24.9 Å². The summed E-state index contributed by atoms with van der Waals surface area (Å²) in [5.74, 6) is 6.70. The molecule has 0 amide bonds. The number of aryl methyl sites for hydroxylation is 1. The lowest BCUT2D eigenvalue weighted by Crippen LogP contribution is -2.13. The Morgan fingerprint density at radius 2 is 1.90 bits per heavy atom. The van der Waals surface area contributed by atoms with E-state index >= 15 is 0 Å². The number of nitrogens with one attached hydrogen (secondary N) is 1. The number of aromatic nitrogens is 3. The van der Waals surface area contributed by atoms with Gasteiger partial charge >= 0.3 is 0 Å². The lowest BCUT2D eigenvalue weighted by molar-refractivity contribution is 0.926. The molecule has 0 unspecified atom stereocenters. The maximum absolute atomic E-state index is 5.67. The van der Waals surface area contributed by atoms with Crippen LogP contribution in [0, 0.1) is 6.92 Å². The number of nitrogens with two attached hydrogens (primary N) is 1. The fraction of sp³-hybridized carbons (Fsp3) is 0.182. The summed E-state index contributed by atoms with van der Waals surface area (Å²) in [5.41, 5.74) is 3.74. The molecule has 0 aliphatic heterocycles. The zero-order valence-electron chi connectivity index (χ0n) is 11.0. The van der Waals surface area contributed by atoms with Gasteiger partial charge in [-0.3, -0.25) is 0 Å². The van der Waals surface area contributed by atoms with Crippen molar-refractivity contribution in [3.63, 3.8) is 0 Å². The molecule has 6 nitrogen and oxygen atoms in total. The van der Waals surface area contributed by atoms with Crippen LogP contribution in [0.25, 0.3) is 0 Å². The molecule has 0 atom stereocenters. The first-order chi connectivity index (χ1) is 8.70. The fourth-order valence-electron chi connectivity index (χ4n) is 1.30.